The van der Waals surface area contributed by atoms with Gasteiger partial charge in [-0.1, -0.05) is 30.3 Å². The molecule has 0 amide bonds. The van der Waals surface area contributed by atoms with Crippen molar-refractivity contribution in [2.75, 3.05) is 12.8 Å². The van der Waals surface area contributed by atoms with Crippen LogP contribution in [0.2, 0.25) is 0 Å². The first-order valence-electron chi connectivity index (χ1n) is 7.30. The maximum atomic E-state index is 11.4. The molecule has 2 heterocycles. The van der Waals surface area contributed by atoms with Gasteiger partial charge in [-0.15, -0.1) is 5.06 Å². The minimum Gasteiger partial charge on any atom is -0.363 e. The number of hydrogen-bond donors (Lipinski definition) is 2. The molecule has 0 aromatic heterocycles. The van der Waals surface area contributed by atoms with E-state index in [1.807, 2.05) is 30.3 Å². The highest BCUT2D eigenvalue weighted by molar-refractivity contribution is 7.88. The van der Waals surface area contributed by atoms with E-state index in [4.69, 9.17) is 4.84 Å². The number of hydrogen-bond acceptors (Lipinski definition) is 6. The predicted octanol–water partition coefficient (Wildman–Crippen LogP) is 0.0494. The Morgan fingerprint density at radius 2 is 2.05 bits per heavy atom. The first-order valence-corrected chi connectivity index (χ1v) is 9.19. The molecule has 2 aliphatic rings. The summed E-state index contributed by atoms with van der Waals surface area (Å²) in [5.41, 5.74) is 1.02. The van der Waals surface area contributed by atoms with Gasteiger partial charge < -0.3 is 5.11 Å². The maximum Gasteiger partial charge on any atom is 0.210 e. The fraction of sp³-hybridized carbons (Fsp3) is 0.571. The van der Waals surface area contributed by atoms with Crippen LogP contribution in [0.5, 0.6) is 0 Å². The summed E-state index contributed by atoms with van der Waals surface area (Å²) >= 11 is 0. The van der Waals surface area contributed by atoms with Gasteiger partial charge in [-0.2, -0.15) is 4.72 Å². The van der Waals surface area contributed by atoms with Gasteiger partial charge >= 0.3 is 0 Å². The quantitative estimate of drug-likeness (QED) is 0.795. The van der Waals surface area contributed by atoms with Crippen LogP contribution < -0.4 is 4.72 Å². The summed E-state index contributed by atoms with van der Waals surface area (Å²) < 4.78 is 25.4. The lowest BCUT2D eigenvalue weighted by Crippen LogP contribution is -2.52. The Kier molecular flexibility index (Phi) is 4.49. The molecule has 1 aromatic carbocycles. The molecule has 8 heteroatoms. The first-order chi connectivity index (χ1) is 10.4. The molecule has 2 bridgehead atoms. The van der Waals surface area contributed by atoms with Crippen LogP contribution in [0.1, 0.15) is 18.4 Å². The summed E-state index contributed by atoms with van der Waals surface area (Å²) in [4.78, 5) is 7.48. The van der Waals surface area contributed by atoms with Crippen LogP contribution in [-0.2, 0) is 21.5 Å². The molecule has 122 valence electrons. The topological polar surface area (TPSA) is 82.1 Å². The zero-order valence-electron chi connectivity index (χ0n) is 12.4. The molecule has 1 aromatic rings. The molecule has 0 saturated carbocycles. The van der Waals surface area contributed by atoms with Crippen LogP contribution in [0.4, 0.5) is 0 Å². The number of benzene rings is 1. The van der Waals surface area contributed by atoms with Crippen molar-refractivity contribution < 1.29 is 18.4 Å². The molecule has 2 aliphatic heterocycles. The van der Waals surface area contributed by atoms with E-state index in [1.54, 1.807) is 9.96 Å². The Labute approximate surface area is 130 Å². The van der Waals surface area contributed by atoms with Gasteiger partial charge in [0.05, 0.1) is 25.1 Å². The lowest BCUT2D eigenvalue weighted by molar-refractivity contribution is -0.266. The number of hydroxylamine groups is 2. The minimum atomic E-state index is -3.31. The van der Waals surface area contributed by atoms with Gasteiger partial charge in [0.25, 0.3) is 0 Å². The SMILES string of the molecule is CS(=O)(=O)N[C@H]1CC[C@@H]2CN1C(O)N2OCc1ccccc1. The summed E-state index contributed by atoms with van der Waals surface area (Å²) in [6.45, 7) is 0.968. The van der Waals surface area contributed by atoms with E-state index >= 15 is 0 Å². The van der Waals surface area contributed by atoms with Crippen LogP contribution in [-0.4, -0.2) is 54.8 Å². The number of aliphatic hydroxyl groups is 1. The molecule has 0 aliphatic carbocycles. The number of sulfonamides is 1. The molecule has 3 rings (SSSR count). The second kappa shape index (κ2) is 6.23. The second-order valence-electron chi connectivity index (χ2n) is 5.80. The number of rotatable bonds is 5. The van der Waals surface area contributed by atoms with E-state index < -0.39 is 16.4 Å². The van der Waals surface area contributed by atoms with E-state index in [-0.39, 0.29) is 12.2 Å². The molecule has 0 spiro atoms. The third kappa shape index (κ3) is 3.48. The van der Waals surface area contributed by atoms with Crippen molar-refractivity contribution in [3.63, 3.8) is 0 Å². The molecule has 2 N–H and O–H groups in total. The Balaban J connectivity index is 1.64. The van der Waals surface area contributed by atoms with Gasteiger partial charge in [0, 0.05) is 6.54 Å². The van der Waals surface area contributed by atoms with Gasteiger partial charge in [-0.25, -0.2) is 13.3 Å². The summed E-state index contributed by atoms with van der Waals surface area (Å²) in [6, 6.07) is 9.82. The van der Waals surface area contributed by atoms with Crippen molar-refractivity contribution in [1.29, 1.82) is 0 Å². The van der Waals surface area contributed by atoms with E-state index in [0.717, 1.165) is 18.2 Å². The highest BCUT2D eigenvalue weighted by atomic mass is 32.2. The van der Waals surface area contributed by atoms with Crippen LogP contribution in [0.25, 0.3) is 0 Å². The highest BCUT2D eigenvalue weighted by Gasteiger charge is 2.46. The van der Waals surface area contributed by atoms with Crippen molar-refractivity contribution in [3.8, 4) is 0 Å². The van der Waals surface area contributed by atoms with E-state index in [9.17, 15) is 13.5 Å². The Morgan fingerprint density at radius 3 is 2.73 bits per heavy atom. The van der Waals surface area contributed by atoms with Gasteiger partial charge in [-0.05, 0) is 18.4 Å². The normalized spacial score (nSPS) is 32.3. The third-order valence-corrected chi connectivity index (χ3v) is 4.75. The number of fused-ring (bicyclic) bond motifs is 2. The number of nitrogens with zero attached hydrogens (tertiary/aromatic N) is 2. The van der Waals surface area contributed by atoms with Gasteiger partial charge in [0.1, 0.15) is 0 Å². The average molecular weight is 327 g/mol. The molecule has 2 unspecified atom stereocenters. The van der Waals surface area contributed by atoms with Crippen molar-refractivity contribution in [1.82, 2.24) is 14.7 Å². The number of piperidine rings is 1. The largest absolute Gasteiger partial charge is 0.363 e. The molecular formula is C14H21N3O4S. The van der Waals surface area contributed by atoms with Gasteiger partial charge in [0.2, 0.25) is 10.0 Å². The van der Waals surface area contributed by atoms with Crippen LogP contribution in [0, 0.1) is 0 Å². The van der Waals surface area contributed by atoms with Crippen LogP contribution in [0.3, 0.4) is 0 Å². The van der Waals surface area contributed by atoms with Crippen molar-refractivity contribution in [2.45, 2.75) is 38.0 Å². The van der Waals surface area contributed by atoms with Gasteiger partial charge in [-0.3, -0.25) is 4.84 Å². The molecule has 0 radical (unpaired) electrons. The fourth-order valence-electron chi connectivity index (χ4n) is 3.04. The van der Waals surface area contributed by atoms with Crippen molar-refractivity contribution in [3.05, 3.63) is 35.9 Å². The molecular weight excluding hydrogens is 306 g/mol. The van der Waals surface area contributed by atoms with Crippen molar-refractivity contribution in [2.24, 2.45) is 0 Å². The van der Waals surface area contributed by atoms with E-state index in [1.165, 1.54) is 0 Å². The molecule has 22 heavy (non-hydrogen) atoms. The third-order valence-electron chi connectivity index (χ3n) is 4.05. The lowest BCUT2D eigenvalue weighted by atomic mass is 10.1. The zero-order chi connectivity index (χ0) is 15.7. The summed E-state index contributed by atoms with van der Waals surface area (Å²) in [5, 5.41) is 12.0. The predicted molar refractivity (Wildman–Crippen MR) is 80.6 cm³/mol. The average Bonchev–Trinajstić information content (AvgIpc) is 2.72. The van der Waals surface area contributed by atoms with Crippen LogP contribution >= 0.6 is 0 Å². The van der Waals surface area contributed by atoms with E-state index in [2.05, 4.69) is 4.72 Å². The first kappa shape index (κ1) is 15.9. The van der Waals surface area contributed by atoms with Crippen LogP contribution in [0.15, 0.2) is 30.3 Å². The molecule has 2 saturated heterocycles. The summed E-state index contributed by atoms with van der Waals surface area (Å²) in [5.74, 6) is 0. The summed E-state index contributed by atoms with van der Waals surface area (Å²) in [7, 11) is -3.31. The molecule has 7 nitrogen and oxygen atoms in total. The van der Waals surface area contributed by atoms with E-state index in [0.29, 0.717) is 19.6 Å². The molecule has 4 atom stereocenters. The minimum absolute atomic E-state index is 0.0799. The number of aliphatic hydroxyl groups excluding tert-OH is 1. The highest BCUT2D eigenvalue weighted by Crippen LogP contribution is 2.31. The molecule has 2 fully saturated rings. The Morgan fingerprint density at radius 1 is 1.32 bits per heavy atom. The Bertz CT molecular complexity index is 610. The smallest absolute Gasteiger partial charge is 0.210 e. The Hall–Kier alpha value is -1.03. The standard InChI is InChI=1S/C14H21N3O4S/c1-22(19,20)15-13-8-7-12-9-16(13)14(18)17(12)21-10-11-5-3-2-4-6-11/h2-6,12-15,18H,7-10H2,1H3/t12-,13-,14?/m1/s1. The maximum absolute atomic E-state index is 11.4. The van der Waals surface area contributed by atoms with Crippen molar-refractivity contribution >= 4 is 10.0 Å². The number of nitrogens with one attached hydrogen (secondary N) is 1. The summed E-state index contributed by atoms with van der Waals surface area (Å²) in [6.07, 6.45) is 1.24. The lowest BCUT2D eigenvalue weighted by Gasteiger charge is -2.31. The zero-order valence-corrected chi connectivity index (χ0v) is 13.2. The fourth-order valence-corrected chi connectivity index (χ4v) is 3.79. The second-order valence-corrected chi connectivity index (χ2v) is 7.58. The monoisotopic (exact) mass is 327 g/mol. The van der Waals surface area contributed by atoms with Gasteiger partial charge in [0.15, 0.2) is 6.35 Å².